The minimum Gasteiger partial charge on any atom is -0.426 e. The first-order valence-electron chi connectivity index (χ1n) is 4.06. The van der Waals surface area contributed by atoms with Gasteiger partial charge in [0.25, 0.3) is 5.69 Å². The van der Waals surface area contributed by atoms with Gasteiger partial charge in [0.05, 0.1) is 11.0 Å². The third kappa shape index (κ3) is 3.02. The molecule has 0 N–H and O–H groups in total. The maximum Gasteiger partial charge on any atom is 0.308 e. The summed E-state index contributed by atoms with van der Waals surface area (Å²) < 4.78 is 4.85. The Bertz CT molecular complexity index is 405. The van der Waals surface area contributed by atoms with E-state index in [1.807, 2.05) is 0 Å². The number of esters is 1. The number of rotatable bonds is 3. The first kappa shape index (κ1) is 11.6. The molecule has 15 heavy (non-hydrogen) atoms. The first-order valence-corrected chi connectivity index (χ1v) is 5.18. The minimum absolute atomic E-state index is 0.101. The van der Waals surface area contributed by atoms with Gasteiger partial charge in [-0.05, 0) is 6.07 Å². The highest BCUT2D eigenvalue weighted by Gasteiger charge is 2.12. The summed E-state index contributed by atoms with van der Waals surface area (Å²) in [6.45, 7) is 1.25. The molecule has 0 spiro atoms. The Hall–Kier alpha value is -1.43. The van der Waals surface area contributed by atoms with E-state index in [0.717, 1.165) is 0 Å². The summed E-state index contributed by atoms with van der Waals surface area (Å²) in [6.07, 6.45) is 0. The van der Waals surface area contributed by atoms with Gasteiger partial charge in [-0.25, -0.2) is 0 Å². The molecule has 0 atom stereocenters. The van der Waals surface area contributed by atoms with Crippen LogP contribution in [0.5, 0.6) is 5.75 Å². The van der Waals surface area contributed by atoms with Gasteiger partial charge in [-0.3, -0.25) is 14.9 Å². The summed E-state index contributed by atoms with van der Waals surface area (Å²) in [6, 6.07) is 4.15. The van der Waals surface area contributed by atoms with Crippen molar-refractivity contribution in [2.24, 2.45) is 0 Å². The molecule has 0 saturated carbocycles. The van der Waals surface area contributed by atoms with Crippen molar-refractivity contribution in [2.45, 2.75) is 12.3 Å². The molecule has 0 unspecified atom stereocenters. The molecule has 0 aromatic heterocycles. The van der Waals surface area contributed by atoms with Crippen LogP contribution in [0.1, 0.15) is 12.5 Å². The Balaban J connectivity index is 3.12. The van der Waals surface area contributed by atoms with E-state index in [2.05, 4.69) is 15.9 Å². The number of hydrogen-bond acceptors (Lipinski definition) is 4. The number of alkyl halides is 1. The lowest BCUT2D eigenvalue weighted by atomic mass is 10.2. The zero-order valence-corrected chi connectivity index (χ0v) is 9.48. The summed E-state index contributed by atoms with van der Waals surface area (Å²) in [5.41, 5.74) is 0.590. The Morgan fingerprint density at radius 1 is 1.60 bits per heavy atom. The van der Waals surface area contributed by atoms with Crippen LogP contribution in [0.25, 0.3) is 0 Å². The Morgan fingerprint density at radius 2 is 2.27 bits per heavy atom. The van der Waals surface area contributed by atoms with Crippen molar-refractivity contribution in [2.75, 3.05) is 0 Å². The molecule has 0 aliphatic heterocycles. The monoisotopic (exact) mass is 273 g/mol. The predicted molar refractivity (Wildman–Crippen MR) is 57.0 cm³/mol. The van der Waals surface area contributed by atoms with Gasteiger partial charge in [-0.15, -0.1) is 0 Å². The van der Waals surface area contributed by atoms with Crippen molar-refractivity contribution in [3.05, 3.63) is 33.9 Å². The van der Waals surface area contributed by atoms with Gasteiger partial charge < -0.3 is 4.74 Å². The van der Waals surface area contributed by atoms with E-state index in [1.54, 1.807) is 6.07 Å². The van der Waals surface area contributed by atoms with Crippen LogP contribution in [0.3, 0.4) is 0 Å². The van der Waals surface area contributed by atoms with Gasteiger partial charge in [-0.1, -0.05) is 15.9 Å². The van der Waals surface area contributed by atoms with Gasteiger partial charge in [0, 0.05) is 23.9 Å². The second kappa shape index (κ2) is 4.88. The summed E-state index contributed by atoms with van der Waals surface area (Å²) in [5.74, 6) is -0.286. The molecule has 1 rings (SSSR count). The molecule has 0 aliphatic carbocycles. The molecule has 80 valence electrons. The van der Waals surface area contributed by atoms with Crippen molar-refractivity contribution in [1.82, 2.24) is 0 Å². The van der Waals surface area contributed by atoms with Crippen LogP contribution < -0.4 is 4.74 Å². The SMILES string of the molecule is CC(=O)Oc1cc([N+](=O)[O-])ccc1CBr. The number of ether oxygens (including phenoxy) is 1. The zero-order chi connectivity index (χ0) is 11.4. The fourth-order valence-corrected chi connectivity index (χ4v) is 1.48. The lowest BCUT2D eigenvalue weighted by molar-refractivity contribution is -0.384. The van der Waals surface area contributed by atoms with Gasteiger partial charge in [-0.2, -0.15) is 0 Å². The van der Waals surface area contributed by atoms with E-state index < -0.39 is 10.9 Å². The summed E-state index contributed by atoms with van der Waals surface area (Å²) >= 11 is 3.20. The summed E-state index contributed by atoms with van der Waals surface area (Å²) in [4.78, 5) is 20.7. The second-order valence-electron chi connectivity index (χ2n) is 2.78. The van der Waals surface area contributed by atoms with Gasteiger partial charge in [0.15, 0.2) is 0 Å². The van der Waals surface area contributed by atoms with Crippen LogP contribution in [0, 0.1) is 10.1 Å². The molecular weight excluding hydrogens is 266 g/mol. The smallest absolute Gasteiger partial charge is 0.308 e. The number of nitro benzene ring substituents is 1. The first-order chi connectivity index (χ1) is 7.04. The van der Waals surface area contributed by atoms with E-state index in [-0.39, 0.29) is 11.4 Å². The van der Waals surface area contributed by atoms with Crippen molar-refractivity contribution in [3.8, 4) is 5.75 Å². The number of nitrogens with zero attached hydrogens (tertiary/aromatic N) is 1. The standard InChI is InChI=1S/C9H8BrNO4/c1-6(12)15-9-4-8(11(13)14)3-2-7(9)5-10/h2-4H,5H2,1H3. The highest BCUT2D eigenvalue weighted by Crippen LogP contribution is 2.26. The highest BCUT2D eigenvalue weighted by atomic mass is 79.9. The molecular formula is C9H8BrNO4. The van der Waals surface area contributed by atoms with Crippen molar-refractivity contribution >= 4 is 27.6 Å². The van der Waals surface area contributed by atoms with Crippen molar-refractivity contribution in [3.63, 3.8) is 0 Å². The Morgan fingerprint density at radius 3 is 2.73 bits per heavy atom. The zero-order valence-electron chi connectivity index (χ0n) is 7.90. The van der Waals surface area contributed by atoms with Gasteiger partial charge in [0.2, 0.25) is 0 Å². The number of carbonyl (C=O) groups is 1. The quantitative estimate of drug-likeness (QED) is 0.279. The van der Waals surface area contributed by atoms with Gasteiger partial charge >= 0.3 is 5.97 Å². The average molecular weight is 274 g/mol. The van der Waals surface area contributed by atoms with Gasteiger partial charge in [0.1, 0.15) is 5.75 Å². The number of hydrogen-bond donors (Lipinski definition) is 0. The summed E-state index contributed by atoms with van der Waals surface area (Å²) in [7, 11) is 0. The highest BCUT2D eigenvalue weighted by molar-refractivity contribution is 9.08. The molecule has 0 amide bonds. The molecule has 0 heterocycles. The maximum atomic E-state index is 10.8. The lowest BCUT2D eigenvalue weighted by Crippen LogP contribution is -2.04. The van der Waals surface area contributed by atoms with E-state index >= 15 is 0 Å². The van der Waals surface area contributed by atoms with Crippen LogP contribution in [-0.2, 0) is 10.1 Å². The minimum atomic E-state index is -0.537. The molecule has 5 nitrogen and oxygen atoms in total. The van der Waals surface area contributed by atoms with Crippen LogP contribution >= 0.6 is 15.9 Å². The molecule has 0 saturated heterocycles. The van der Waals surface area contributed by atoms with Crippen LogP contribution in [0.4, 0.5) is 5.69 Å². The third-order valence-electron chi connectivity index (χ3n) is 1.66. The Labute approximate surface area is 94.3 Å². The number of non-ortho nitro benzene ring substituents is 1. The van der Waals surface area contributed by atoms with Crippen molar-refractivity contribution < 1.29 is 14.5 Å². The predicted octanol–water partition coefficient (Wildman–Crippen LogP) is 2.42. The number of carbonyl (C=O) groups excluding carboxylic acids is 1. The number of halogens is 1. The average Bonchev–Trinajstić information content (AvgIpc) is 2.16. The van der Waals surface area contributed by atoms with Crippen LogP contribution in [0.15, 0.2) is 18.2 Å². The fourth-order valence-electron chi connectivity index (χ4n) is 1.02. The van der Waals surface area contributed by atoms with E-state index in [4.69, 9.17) is 4.74 Å². The maximum absolute atomic E-state index is 10.8. The molecule has 0 radical (unpaired) electrons. The van der Waals surface area contributed by atoms with E-state index in [0.29, 0.717) is 10.9 Å². The molecule has 0 bridgehead atoms. The normalized spacial score (nSPS) is 9.73. The van der Waals surface area contributed by atoms with Crippen LogP contribution in [0.2, 0.25) is 0 Å². The topological polar surface area (TPSA) is 69.4 Å². The number of nitro groups is 1. The molecule has 6 heteroatoms. The second-order valence-corrected chi connectivity index (χ2v) is 3.34. The largest absolute Gasteiger partial charge is 0.426 e. The van der Waals surface area contributed by atoms with E-state index in [9.17, 15) is 14.9 Å². The number of benzene rings is 1. The van der Waals surface area contributed by atoms with Crippen molar-refractivity contribution in [1.29, 1.82) is 0 Å². The fraction of sp³-hybridized carbons (Fsp3) is 0.222. The molecule has 1 aromatic carbocycles. The molecule has 1 aromatic rings. The summed E-state index contributed by atoms with van der Waals surface area (Å²) in [5, 5.41) is 11.0. The van der Waals surface area contributed by atoms with Crippen LogP contribution in [-0.4, -0.2) is 10.9 Å². The Kier molecular flexibility index (Phi) is 3.79. The molecule has 0 fully saturated rings. The van der Waals surface area contributed by atoms with E-state index in [1.165, 1.54) is 19.1 Å². The molecule has 0 aliphatic rings. The third-order valence-corrected chi connectivity index (χ3v) is 2.26. The lowest BCUT2D eigenvalue weighted by Gasteiger charge is -2.05.